The normalized spacial score (nSPS) is 20.5. The molecule has 0 spiro atoms. The molecule has 0 saturated carbocycles. The van der Waals surface area contributed by atoms with Crippen LogP contribution in [0.1, 0.15) is 111 Å². The van der Waals surface area contributed by atoms with Crippen LogP contribution >= 0.6 is 0 Å². The second kappa shape index (κ2) is 23.7. The molecule has 18 nitrogen and oxygen atoms in total. The van der Waals surface area contributed by atoms with Gasteiger partial charge in [-0.1, -0.05) is 76.6 Å². The number of amides is 7. The van der Waals surface area contributed by atoms with E-state index in [0.717, 1.165) is 5.56 Å². The van der Waals surface area contributed by atoms with E-state index in [2.05, 4.69) is 21.3 Å². The van der Waals surface area contributed by atoms with Crippen LogP contribution in [-0.4, -0.2) is 140 Å². The molecule has 3 aliphatic heterocycles. The van der Waals surface area contributed by atoms with Crippen molar-refractivity contribution in [3.63, 3.8) is 0 Å². The minimum Gasteiger partial charge on any atom is -0.508 e. The lowest BCUT2D eigenvalue weighted by atomic mass is 9.96. The molecule has 68 heavy (non-hydrogen) atoms. The topological polar surface area (TPSA) is 244 Å². The molecule has 18 heteroatoms. The predicted molar refractivity (Wildman–Crippen MR) is 252 cm³/mol. The molecule has 0 aromatic heterocycles. The van der Waals surface area contributed by atoms with Crippen LogP contribution in [0.5, 0.6) is 5.75 Å². The molecule has 372 valence electrons. The standard InChI is InChI=1S/C50H71N7O11/c1-8-31(4)41(47(64)57-26-14-19-40(57)48(65)66)54-42(59)35(28-32-15-10-9-11-16-32)51-43(60)38-17-12-24-55(38)45(62)36(27-30(2)3)52-44(61)39-18-13-25-56(39)46(63)37(53-49(67)68-50(5,6)7)29-33-20-22-34(58)23-21-33/h9-11,15-16,20-23,30-31,35-41,58H,8,12-14,17-19,24-29H2,1-7H3,(H,51,60)(H,52,61)(H,53,67)(H,54,59)(H,65,66)/t31-,35-,36-,37-,38-,39-,40-,41-/m0/s1. The molecule has 3 heterocycles. The first-order valence-corrected chi connectivity index (χ1v) is 24.0. The van der Waals surface area contributed by atoms with Crippen LogP contribution in [0.2, 0.25) is 0 Å². The predicted octanol–water partition coefficient (Wildman–Crippen LogP) is 3.67. The van der Waals surface area contributed by atoms with E-state index in [0.29, 0.717) is 44.1 Å². The Balaban J connectivity index is 1.32. The summed E-state index contributed by atoms with van der Waals surface area (Å²) < 4.78 is 5.46. The van der Waals surface area contributed by atoms with Crippen molar-refractivity contribution in [1.29, 1.82) is 0 Å². The molecule has 3 fully saturated rings. The summed E-state index contributed by atoms with van der Waals surface area (Å²) in [5.41, 5.74) is 0.532. The molecule has 3 aliphatic rings. The van der Waals surface area contributed by atoms with Gasteiger partial charge in [-0.3, -0.25) is 28.8 Å². The summed E-state index contributed by atoms with van der Waals surface area (Å²) in [7, 11) is 0. The third-order valence-corrected chi connectivity index (χ3v) is 12.9. The van der Waals surface area contributed by atoms with Gasteiger partial charge in [0.25, 0.3) is 0 Å². The number of carbonyl (C=O) groups excluding carboxylic acids is 7. The Bertz CT molecular complexity index is 2110. The number of alkyl carbamates (subject to hydrolysis) is 1. The molecular weight excluding hydrogens is 875 g/mol. The monoisotopic (exact) mass is 946 g/mol. The molecule has 8 atom stereocenters. The Morgan fingerprint density at radius 2 is 1.13 bits per heavy atom. The molecule has 3 saturated heterocycles. The average molecular weight is 946 g/mol. The molecule has 6 N–H and O–H groups in total. The molecular formula is C50H71N7O11. The fraction of sp³-hybridized carbons (Fsp3) is 0.600. The maximum atomic E-state index is 14.6. The van der Waals surface area contributed by atoms with Gasteiger partial charge in [-0.15, -0.1) is 0 Å². The van der Waals surface area contributed by atoms with E-state index in [1.165, 1.54) is 26.8 Å². The van der Waals surface area contributed by atoms with E-state index >= 15 is 0 Å². The van der Waals surface area contributed by atoms with E-state index in [1.807, 2.05) is 39.0 Å². The number of phenolic OH excluding ortho intramolecular Hbond substituents is 1. The van der Waals surface area contributed by atoms with E-state index < -0.39 is 95.4 Å². The summed E-state index contributed by atoms with van der Waals surface area (Å²) >= 11 is 0. The van der Waals surface area contributed by atoms with Crippen molar-refractivity contribution in [2.45, 2.75) is 161 Å². The van der Waals surface area contributed by atoms with E-state index in [9.17, 15) is 48.6 Å². The number of carboxylic acid groups (broad SMARTS) is 1. The zero-order valence-corrected chi connectivity index (χ0v) is 40.5. The number of aliphatic carboxylic acids is 1. The number of hydrogen-bond acceptors (Lipinski definition) is 10. The van der Waals surface area contributed by atoms with Crippen molar-refractivity contribution in [3.8, 4) is 5.75 Å². The number of nitrogens with one attached hydrogen (secondary N) is 4. The number of aromatic hydroxyl groups is 1. The van der Waals surface area contributed by atoms with Gasteiger partial charge >= 0.3 is 12.1 Å². The number of likely N-dealkylation sites (tertiary alicyclic amines) is 3. The maximum Gasteiger partial charge on any atom is 0.408 e. The van der Waals surface area contributed by atoms with E-state index in [4.69, 9.17) is 4.74 Å². The van der Waals surface area contributed by atoms with Crippen LogP contribution in [0.25, 0.3) is 0 Å². The molecule has 2 aromatic carbocycles. The van der Waals surface area contributed by atoms with Crippen LogP contribution in [0.3, 0.4) is 0 Å². The quantitative estimate of drug-likeness (QED) is 0.119. The van der Waals surface area contributed by atoms with Gasteiger partial charge in [-0.25, -0.2) is 9.59 Å². The third kappa shape index (κ3) is 14.2. The highest BCUT2D eigenvalue weighted by Gasteiger charge is 2.44. The molecule has 0 bridgehead atoms. The second-order valence-corrected chi connectivity index (χ2v) is 19.8. The smallest absolute Gasteiger partial charge is 0.408 e. The van der Waals surface area contributed by atoms with E-state index in [1.54, 1.807) is 52.0 Å². The Morgan fingerprint density at radius 3 is 1.65 bits per heavy atom. The Morgan fingerprint density at radius 1 is 0.647 bits per heavy atom. The number of benzene rings is 2. The summed E-state index contributed by atoms with van der Waals surface area (Å²) in [4.78, 5) is 115. The maximum absolute atomic E-state index is 14.6. The van der Waals surface area contributed by atoms with Gasteiger partial charge in [-0.05, 0) is 101 Å². The summed E-state index contributed by atoms with van der Waals surface area (Å²) in [6.45, 7) is 13.3. The van der Waals surface area contributed by atoms with Gasteiger partial charge in [0.15, 0.2) is 0 Å². The third-order valence-electron chi connectivity index (χ3n) is 12.9. The van der Waals surface area contributed by atoms with Gasteiger partial charge < -0.3 is 50.9 Å². The number of rotatable bonds is 19. The zero-order valence-electron chi connectivity index (χ0n) is 40.5. The molecule has 2 aromatic rings. The molecule has 0 radical (unpaired) electrons. The van der Waals surface area contributed by atoms with Crippen LogP contribution < -0.4 is 21.3 Å². The minimum atomic E-state index is -1.17. The van der Waals surface area contributed by atoms with Crippen LogP contribution in [0.4, 0.5) is 4.79 Å². The number of carboxylic acids is 1. The number of phenols is 1. The van der Waals surface area contributed by atoms with Gasteiger partial charge in [0.05, 0.1) is 0 Å². The van der Waals surface area contributed by atoms with Gasteiger partial charge in [-0.2, -0.15) is 0 Å². The Labute approximate surface area is 399 Å². The summed E-state index contributed by atoms with van der Waals surface area (Å²) in [6.07, 6.45) is 2.42. The van der Waals surface area contributed by atoms with Crippen LogP contribution in [-0.2, 0) is 51.1 Å². The first kappa shape index (κ1) is 52.8. The molecule has 5 rings (SSSR count). The summed E-state index contributed by atoms with van der Waals surface area (Å²) in [6, 6.07) is 7.89. The van der Waals surface area contributed by atoms with Crippen molar-refractivity contribution < 1.29 is 53.3 Å². The molecule has 0 unspecified atom stereocenters. The number of ether oxygens (including phenoxy) is 1. The first-order valence-electron chi connectivity index (χ1n) is 24.0. The highest BCUT2D eigenvalue weighted by Crippen LogP contribution is 2.25. The first-order chi connectivity index (χ1) is 32.2. The number of carbonyl (C=O) groups is 8. The SMILES string of the molecule is CC[C@H](C)[C@H](NC(=O)[C@H](Cc1ccccc1)NC(=O)[C@@H]1CCCN1C(=O)[C@H](CC(C)C)NC(=O)[C@@H]1CCCN1C(=O)[C@H](Cc1ccc(O)cc1)NC(=O)OC(C)(C)C)C(=O)N1CCC[C@H]1C(=O)O. The fourth-order valence-corrected chi connectivity index (χ4v) is 9.21. The van der Waals surface area contributed by atoms with Gasteiger partial charge in [0.1, 0.15) is 53.6 Å². The van der Waals surface area contributed by atoms with Crippen molar-refractivity contribution in [2.75, 3.05) is 19.6 Å². The minimum absolute atomic E-state index is 0.0337. The highest BCUT2D eigenvalue weighted by atomic mass is 16.6. The molecule has 0 aliphatic carbocycles. The zero-order chi connectivity index (χ0) is 49.9. The highest BCUT2D eigenvalue weighted by molar-refractivity contribution is 5.98. The number of hydrogen-bond donors (Lipinski definition) is 6. The van der Waals surface area contributed by atoms with Gasteiger partial charge in [0.2, 0.25) is 35.4 Å². The number of nitrogens with zero attached hydrogens (tertiary/aromatic N) is 3. The van der Waals surface area contributed by atoms with Gasteiger partial charge in [0, 0.05) is 32.5 Å². The lowest BCUT2D eigenvalue weighted by Gasteiger charge is -2.33. The Hall–Kier alpha value is -6.20. The fourth-order valence-electron chi connectivity index (χ4n) is 9.21. The van der Waals surface area contributed by atoms with Crippen LogP contribution in [0.15, 0.2) is 54.6 Å². The van der Waals surface area contributed by atoms with Crippen molar-refractivity contribution in [2.24, 2.45) is 11.8 Å². The van der Waals surface area contributed by atoms with Crippen LogP contribution in [0, 0.1) is 11.8 Å². The Kier molecular flexibility index (Phi) is 18.4. The van der Waals surface area contributed by atoms with Crippen molar-refractivity contribution >= 4 is 47.5 Å². The molecule has 7 amide bonds. The largest absolute Gasteiger partial charge is 0.508 e. The lowest BCUT2D eigenvalue weighted by molar-refractivity contribution is -0.150. The average Bonchev–Trinajstić information content (AvgIpc) is 4.09. The van der Waals surface area contributed by atoms with E-state index in [-0.39, 0.29) is 62.9 Å². The van der Waals surface area contributed by atoms with Crippen molar-refractivity contribution in [1.82, 2.24) is 36.0 Å². The van der Waals surface area contributed by atoms with Crippen molar-refractivity contribution in [3.05, 3.63) is 65.7 Å². The summed E-state index contributed by atoms with van der Waals surface area (Å²) in [5, 5.41) is 31.0. The second-order valence-electron chi connectivity index (χ2n) is 19.8. The lowest BCUT2D eigenvalue weighted by Crippen LogP contribution is -2.60. The summed E-state index contributed by atoms with van der Waals surface area (Å²) in [5.74, 6) is -4.76.